The Hall–Kier alpha value is -14.1. The van der Waals surface area contributed by atoms with Gasteiger partial charge in [-0.1, -0.05) is 83.2 Å². The zero-order chi connectivity index (χ0) is 92.1. The molecule has 34 heteroatoms. The molecule has 13 rings (SSSR count). The van der Waals surface area contributed by atoms with Gasteiger partial charge in [-0.05, 0) is 183 Å². The summed E-state index contributed by atoms with van der Waals surface area (Å²) < 4.78 is 27.5. The largest absolute Gasteiger partial charge is 0.466 e. The fourth-order valence-corrected chi connectivity index (χ4v) is 13.4. The molecule has 0 aliphatic heterocycles. The molecular formula is C91H106BrN19O14. The molecule has 4 aromatic carbocycles. The van der Waals surface area contributed by atoms with Gasteiger partial charge >= 0.3 is 29.9 Å². The monoisotopic (exact) mass is 1770 g/mol. The van der Waals surface area contributed by atoms with Crippen LogP contribution in [0, 0.1) is 66.2 Å². The molecular weight excluding hydrogens is 1660 g/mol. The van der Waals surface area contributed by atoms with E-state index in [-0.39, 0.29) is 59.3 Å². The standard InChI is InChI=1S/C23H26N4O3.C22H26N4O3.C22H24N4O3.C17H17BrN4O.C5H8O2.C2H5N3O2/c1-6-30-23(29)18-11-17(18)15-7-8-16(13(2)9-15)19-12-21-24-20(22(28)26(4)5)10-14(3)27(21)25-19;2*1-6-29-21(27)10-8-16-7-9-17(14(2)11-16)18-13-20-23-19(22(28)25(4)5)12-15(3)26(20)24-18;1-10-7-12(18)5-6-13(10)14-9-16-19-15(17(23)21(3)4)8-11(2)22(16)20-14;1-3-5(6)7-4-2;1-5(4-7)2(3)6/h7-10,12,17-18H,6,11H2,1-5H3;7,9,11-13H,6,8,10H2,1-5H3;7-13H,6H2,1-5H3;5-9H,1-4H3;3H,1,4H2,2H3;1H3,(H2,3,6)/b;;10-8+;;;. The van der Waals surface area contributed by atoms with E-state index in [4.69, 9.17) is 19.3 Å². The number of hydrogen-bond acceptors (Lipinski definition) is 23. The lowest BCUT2D eigenvalue weighted by molar-refractivity contribution is -0.145. The summed E-state index contributed by atoms with van der Waals surface area (Å²) in [5.41, 5.74) is 26.8. The van der Waals surface area contributed by atoms with Crippen LogP contribution in [0.5, 0.6) is 0 Å². The second kappa shape index (κ2) is 43.6. The Labute approximate surface area is 733 Å². The molecule has 2 atom stereocenters. The number of hydrogen-bond donors (Lipinski definition) is 1. The van der Waals surface area contributed by atoms with Gasteiger partial charge in [0.15, 0.2) is 22.6 Å². The Morgan fingerprint density at radius 1 is 0.464 bits per heavy atom. The smallest absolute Gasteiger partial charge is 0.337 e. The predicted octanol–water partition coefficient (Wildman–Crippen LogP) is 13.8. The van der Waals surface area contributed by atoms with Crippen molar-refractivity contribution in [3.8, 4) is 45.0 Å². The molecule has 8 heterocycles. The molecule has 2 unspecified atom stereocenters. The number of esters is 4. The molecule has 2 N–H and O–H groups in total. The lowest BCUT2D eigenvalue weighted by atomic mass is 10.00. The van der Waals surface area contributed by atoms with Crippen LogP contribution in [0.15, 0.2) is 150 Å². The number of amides is 6. The van der Waals surface area contributed by atoms with Gasteiger partial charge in [0, 0.05) is 156 Å². The third-order valence-electron chi connectivity index (χ3n) is 19.3. The number of ether oxygens (including phenoxy) is 4. The normalized spacial score (nSPS) is 12.3. The highest BCUT2D eigenvalue weighted by molar-refractivity contribution is 9.10. The SMILES string of the molecule is C=CC(=O)OCC.CCOC(=O)/C=C/c1ccc(-c2cc3nc(C(=O)N(C)C)cc(C)n3n2)c(C)c1.CCOC(=O)C1CC1c1ccc(-c2cc3nc(C(=O)N(C)C)cc(C)n3n2)c(C)c1.CCOC(=O)CCc1ccc(-c2cc3nc(C(=O)N(C)C)cc(C)n3n2)c(C)c1.CN(N=O)C(N)=O.Cc1cc(Br)ccc1-c1cc2nc(C(=O)N(C)C)cc(C)n2n1. The maximum Gasteiger partial charge on any atom is 0.337 e. The average molecular weight is 1770 g/mol. The molecule has 1 aliphatic carbocycles. The first-order valence-electron chi connectivity index (χ1n) is 40.0. The highest BCUT2D eigenvalue weighted by atomic mass is 79.9. The quantitative estimate of drug-likeness (QED) is 0.0229. The molecule has 656 valence electrons. The van der Waals surface area contributed by atoms with Gasteiger partial charge in [-0.3, -0.25) is 28.8 Å². The molecule has 0 bridgehead atoms. The summed E-state index contributed by atoms with van der Waals surface area (Å²) in [5, 5.41) is 21.4. The first-order chi connectivity index (χ1) is 59.2. The number of carbonyl (C=O) groups is 9. The van der Waals surface area contributed by atoms with Crippen molar-refractivity contribution in [2.45, 2.75) is 108 Å². The number of primary amides is 1. The van der Waals surface area contributed by atoms with Crippen molar-refractivity contribution in [2.75, 3.05) is 89.9 Å². The van der Waals surface area contributed by atoms with Crippen LogP contribution in [0.4, 0.5) is 4.79 Å². The van der Waals surface area contributed by atoms with E-state index in [0.717, 1.165) is 124 Å². The number of nitroso groups, excluding NO2 is 1. The minimum atomic E-state index is -0.852. The van der Waals surface area contributed by atoms with Crippen molar-refractivity contribution in [3.05, 3.63) is 234 Å². The summed E-state index contributed by atoms with van der Waals surface area (Å²) in [6, 6.07) is 38.0. The van der Waals surface area contributed by atoms with E-state index in [0.29, 0.717) is 89.6 Å². The third kappa shape index (κ3) is 25.1. The molecule has 1 aliphatic rings. The van der Waals surface area contributed by atoms with Gasteiger partial charge < -0.3 is 44.3 Å². The Bertz CT molecular complexity index is 6080. The second-order valence-corrected chi connectivity index (χ2v) is 30.8. The Kier molecular flexibility index (Phi) is 33.7. The van der Waals surface area contributed by atoms with Crippen LogP contribution in [0.3, 0.4) is 0 Å². The van der Waals surface area contributed by atoms with Crippen LogP contribution in [0.1, 0.15) is 150 Å². The average Bonchev–Trinajstić information content (AvgIpc) is 1.62. The molecule has 0 radical (unpaired) electrons. The topological polar surface area (TPSA) is 383 Å². The number of benzene rings is 4. The summed E-state index contributed by atoms with van der Waals surface area (Å²) in [6.07, 6.45) is 6.14. The number of aryl methyl sites for hydroxylation is 9. The van der Waals surface area contributed by atoms with Crippen LogP contribution in [0.25, 0.3) is 73.7 Å². The maximum atomic E-state index is 12.3. The maximum absolute atomic E-state index is 12.3. The molecule has 125 heavy (non-hydrogen) atoms. The van der Waals surface area contributed by atoms with Crippen molar-refractivity contribution in [1.82, 2.24) is 83.0 Å². The van der Waals surface area contributed by atoms with Crippen LogP contribution < -0.4 is 5.73 Å². The van der Waals surface area contributed by atoms with Gasteiger partial charge in [0.05, 0.1) is 60.4 Å². The fraction of sp³-hybridized carbons (Fsp3) is 0.330. The van der Waals surface area contributed by atoms with Crippen molar-refractivity contribution >= 4 is 98.1 Å². The Morgan fingerprint density at radius 3 is 1.15 bits per heavy atom. The zero-order valence-electron chi connectivity index (χ0n) is 74.3. The minimum absolute atomic E-state index is 0.0232. The van der Waals surface area contributed by atoms with Gasteiger partial charge in [-0.15, -0.1) is 4.91 Å². The van der Waals surface area contributed by atoms with E-state index in [1.54, 1.807) is 119 Å². The van der Waals surface area contributed by atoms with E-state index < -0.39 is 6.03 Å². The number of fused-ring (bicyclic) bond motifs is 4. The molecule has 6 amide bonds. The highest BCUT2D eigenvalue weighted by Crippen LogP contribution is 2.49. The van der Waals surface area contributed by atoms with Gasteiger partial charge in [-0.25, -0.2) is 52.4 Å². The van der Waals surface area contributed by atoms with Gasteiger partial charge in [-0.2, -0.15) is 25.4 Å². The molecule has 1 fully saturated rings. The number of rotatable bonds is 21. The number of carbonyl (C=O) groups excluding carboxylic acids is 9. The van der Waals surface area contributed by atoms with E-state index in [1.807, 2.05) is 142 Å². The van der Waals surface area contributed by atoms with Gasteiger partial charge in [0.1, 0.15) is 22.8 Å². The van der Waals surface area contributed by atoms with Crippen LogP contribution >= 0.6 is 15.9 Å². The summed E-state index contributed by atoms with van der Waals surface area (Å²) >= 11 is 3.47. The van der Waals surface area contributed by atoms with Crippen LogP contribution in [-0.2, 0) is 44.5 Å². The van der Waals surface area contributed by atoms with Crippen LogP contribution in [0.2, 0.25) is 0 Å². The fourth-order valence-electron chi connectivity index (χ4n) is 12.9. The Morgan fingerprint density at radius 2 is 0.824 bits per heavy atom. The van der Waals surface area contributed by atoms with Gasteiger partial charge in [0.2, 0.25) is 0 Å². The molecule has 0 spiro atoms. The van der Waals surface area contributed by atoms with E-state index in [1.165, 1.54) is 32.7 Å². The zero-order valence-corrected chi connectivity index (χ0v) is 75.9. The number of urea groups is 1. The predicted molar refractivity (Wildman–Crippen MR) is 479 cm³/mol. The summed E-state index contributed by atoms with van der Waals surface area (Å²) in [5.74, 6) is -1.32. The van der Waals surface area contributed by atoms with E-state index >= 15 is 0 Å². The first-order valence-corrected chi connectivity index (χ1v) is 40.8. The number of halogens is 1. The molecule has 0 saturated heterocycles. The summed E-state index contributed by atoms with van der Waals surface area (Å²) in [7, 11) is 14.9. The van der Waals surface area contributed by atoms with Crippen molar-refractivity contribution in [3.63, 3.8) is 0 Å². The molecule has 33 nitrogen and oxygen atoms in total. The number of nitrogens with zero attached hydrogens (tertiary/aromatic N) is 18. The summed E-state index contributed by atoms with van der Waals surface area (Å²) in [4.78, 5) is 137. The molecule has 8 aromatic heterocycles. The number of nitrogens with two attached hydrogens (primary N) is 1. The molecule has 12 aromatic rings. The summed E-state index contributed by atoms with van der Waals surface area (Å²) in [6.45, 7) is 27.7. The highest BCUT2D eigenvalue weighted by Gasteiger charge is 2.45. The lowest BCUT2D eigenvalue weighted by Gasteiger charge is -2.10. The lowest BCUT2D eigenvalue weighted by Crippen LogP contribution is -2.26. The van der Waals surface area contributed by atoms with Gasteiger partial charge in [0.25, 0.3) is 23.6 Å². The Balaban J connectivity index is 0.000000197. The van der Waals surface area contributed by atoms with Crippen molar-refractivity contribution < 1.29 is 62.1 Å². The third-order valence-corrected chi connectivity index (χ3v) is 19.8. The molecule has 1 saturated carbocycles. The van der Waals surface area contributed by atoms with Crippen LogP contribution in [-0.4, -0.2) is 226 Å². The van der Waals surface area contributed by atoms with Crippen molar-refractivity contribution in [2.24, 2.45) is 16.9 Å². The first kappa shape index (κ1) is 96.4. The van der Waals surface area contributed by atoms with E-state index in [9.17, 15) is 48.1 Å². The number of aromatic nitrogens is 12. The van der Waals surface area contributed by atoms with E-state index in [2.05, 4.69) is 97.8 Å². The van der Waals surface area contributed by atoms with Crippen molar-refractivity contribution in [1.29, 1.82) is 0 Å². The minimum Gasteiger partial charge on any atom is -0.466 e. The second-order valence-electron chi connectivity index (χ2n) is 29.9.